The van der Waals surface area contributed by atoms with Gasteiger partial charge in [-0.25, -0.2) is 16.8 Å². The molecule has 0 spiro atoms. The van der Waals surface area contributed by atoms with Gasteiger partial charge in [-0.3, -0.25) is 0 Å². The Labute approximate surface area is 251 Å². The molecule has 0 saturated carbocycles. The summed E-state index contributed by atoms with van der Waals surface area (Å²) < 4.78 is 73.5. The second kappa shape index (κ2) is 14.7. The van der Waals surface area contributed by atoms with Crippen molar-refractivity contribution >= 4 is 19.7 Å². The molecule has 0 amide bonds. The third-order valence-corrected chi connectivity index (χ3v) is 9.65. The van der Waals surface area contributed by atoms with Crippen LogP contribution in [0.3, 0.4) is 0 Å². The van der Waals surface area contributed by atoms with Gasteiger partial charge < -0.3 is 24.1 Å². The number of phenolic OH excluding ortho intramolecular Hbond substituents is 1. The minimum Gasteiger partial charge on any atom is -0.508 e. The van der Waals surface area contributed by atoms with Crippen molar-refractivity contribution in [3.63, 3.8) is 0 Å². The second-order valence-corrected chi connectivity index (χ2v) is 13.0. The monoisotopic (exact) mass is 624 g/mol. The van der Waals surface area contributed by atoms with Crippen LogP contribution in [0.4, 0.5) is 0 Å². The zero-order chi connectivity index (χ0) is 30.7. The lowest BCUT2D eigenvalue weighted by atomic mass is 10.3. The first-order valence-corrected chi connectivity index (χ1v) is 16.4. The Balaban J connectivity index is 1.17. The maximum absolute atomic E-state index is 12.9. The van der Waals surface area contributed by atoms with Gasteiger partial charge in [0.05, 0.1) is 39.1 Å². The van der Waals surface area contributed by atoms with Crippen molar-refractivity contribution in [2.75, 3.05) is 26.4 Å². The maximum atomic E-state index is 12.9. The van der Waals surface area contributed by atoms with E-state index >= 15 is 0 Å². The third-order valence-electron chi connectivity index (χ3n) is 6.08. The average Bonchev–Trinajstić information content (AvgIpc) is 3.02. The van der Waals surface area contributed by atoms with Crippen molar-refractivity contribution in [2.45, 2.75) is 32.9 Å². The van der Waals surface area contributed by atoms with E-state index in [2.05, 4.69) is 0 Å². The molecular formula is C32H32O9S2. The highest BCUT2D eigenvalue weighted by atomic mass is 32.2. The highest BCUT2D eigenvalue weighted by Gasteiger charge is 2.18. The van der Waals surface area contributed by atoms with Gasteiger partial charge >= 0.3 is 0 Å². The van der Waals surface area contributed by atoms with Crippen molar-refractivity contribution in [2.24, 2.45) is 0 Å². The highest BCUT2D eigenvalue weighted by Crippen LogP contribution is 2.26. The van der Waals surface area contributed by atoms with Crippen molar-refractivity contribution in [1.29, 1.82) is 0 Å². The Bertz CT molecular complexity index is 1700. The zero-order valence-corrected chi connectivity index (χ0v) is 25.1. The summed E-state index contributed by atoms with van der Waals surface area (Å²) in [5.41, 5.74) is 0. The molecule has 0 radical (unpaired) electrons. The van der Waals surface area contributed by atoms with Crippen LogP contribution in [0.2, 0.25) is 0 Å². The lowest BCUT2D eigenvalue weighted by molar-refractivity contribution is 0.0764. The van der Waals surface area contributed by atoms with Gasteiger partial charge in [0.25, 0.3) is 0 Å². The minimum atomic E-state index is -3.70. The number of aromatic hydroxyl groups is 1. The van der Waals surface area contributed by atoms with Crippen molar-refractivity contribution < 1.29 is 40.9 Å². The van der Waals surface area contributed by atoms with E-state index in [9.17, 15) is 21.9 Å². The fourth-order valence-electron chi connectivity index (χ4n) is 3.79. The highest BCUT2D eigenvalue weighted by molar-refractivity contribution is 7.91. The summed E-state index contributed by atoms with van der Waals surface area (Å²) in [6.07, 6.45) is 4.27. The molecule has 226 valence electrons. The van der Waals surface area contributed by atoms with Gasteiger partial charge in [0, 0.05) is 0 Å². The lowest BCUT2D eigenvalue weighted by Gasteiger charge is -2.10. The Morgan fingerprint density at radius 1 is 0.558 bits per heavy atom. The SMILES string of the molecule is CCC=COc1ccc(S(=O)(=O)c2ccc(OCCOCCOc3ccc(S(=O)(=O)c4ccc(O)cc4)cc3)cc2)cc1. The molecule has 4 rings (SSSR count). The summed E-state index contributed by atoms with van der Waals surface area (Å²) in [5, 5.41) is 9.37. The molecule has 0 aliphatic rings. The molecular weight excluding hydrogens is 592 g/mol. The molecule has 0 bridgehead atoms. The number of benzene rings is 4. The number of hydrogen-bond donors (Lipinski definition) is 1. The van der Waals surface area contributed by atoms with E-state index < -0.39 is 19.7 Å². The molecule has 0 aliphatic heterocycles. The molecule has 0 atom stereocenters. The van der Waals surface area contributed by atoms with Crippen LogP contribution in [-0.2, 0) is 24.4 Å². The normalized spacial score (nSPS) is 11.8. The standard InChI is InChI=1S/C32H32O9S2/c1-2-3-20-39-26-6-14-31(15-7-26)43(36,37)32-18-10-28(11-19-32)41-24-22-38-21-23-40-27-8-16-30(17-9-27)42(34,35)29-12-4-25(33)5-13-29/h3-20,33H,2,21-24H2,1H3. The van der Waals surface area contributed by atoms with E-state index in [1.54, 1.807) is 42.7 Å². The number of hydrogen-bond acceptors (Lipinski definition) is 9. The van der Waals surface area contributed by atoms with Gasteiger partial charge in [0.1, 0.15) is 36.2 Å². The first-order valence-electron chi connectivity index (χ1n) is 13.4. The largest absolute Gasteiger partial charge is 0.508 e. The average molecular weight is 625 g/mol. The molecule has 1 N–H and O–H groups in total. The quantitative estimate of drug-likeness (QED) is 0.128. The van der Waals surface area contributed by atoms with Gasteiger partial charge in [-0.2, -0.15) is 0 Å². The Morgan fingerprint density at radius 3 is 1.33 bits per heavy atom. The maximum Gasteiger partial charge on any atom is 0.206 e. The van der Waals surface area contributed by atoms with Crippen LogP contribution >= 0.6 is 0 Å². The van der Waals surface area contributed by atoms with E-state index in [0.29, 0.717) is 17.2 Å². The van der Waals surface area contributed by atoms with E-state index in [4.69, 9.17) is 18.9 Å². The molecule has 0 aromatic heterocycles. The summed E-state index contributed by atoms with van der Waals surface area (Å²) in [5.74, 6) is 1.54. The van der Waals surface area contributed by atoms with Gasteiger partial charge in [-0.1, -0.05) is 6.92 Å². The Kier molecular flexibility index (Phi) is 10.8. The minimum absolute atomic E-state index is 0.0104. The van der Waals surface area contributed by atoms with Gasteiger partial charge in [-0.05, 0) is 110 Å². The summed E-state index contributed by atoms with van der Waals surface area (Å²) in [4.78, 5) is 0.519. The van der Waals surface area contributed by atoms with Crippen LogP contribution in [-0.4, -0.2) is 48.4 Å². The zero-order valence-electron chi connectivity index (χ0n) is 23.5. The number of rotatable bonds is 15. The summed E-state index contributed by atoms with van der Waals surface area (Å²) in [6.45, 7) is 3.06. The molecule has 0 unspecified atom stereocenters. The number of sulfone groups is 2. The van der Waals surface area contributed by atoms with Crippen molar-refractivity contribution in [3.8, 4) is 23.0 Å². The summed E-state index contributed by atoms with van der Waals surface area (Å²) in [7, 11) is -7.39. The van der Waals surface area contributed by atoms with Crippen LogP contribution in [0, 0.1) is 0 Å². The topological polar surface area (TPSA) is 125 Å². The molecule has 4 aromatic rings. The molecule has 4 aromatic carbocycles. The van der Waals surface area contributed by atoms with Crippen molar-refractivity contribution in [3.05, 3.63) is 109 Å². The predicted molar refractivity (Wildman–Crippen MR) is 160 cm³/mol. The second-order valence-electron chi connectivity index (χ2n) is 9.12. The molecule has 0 fully saturated rings. The van der Waals surface area contributed by atoms with Gasteiger partial charge in [0.2, 0.25) is 19.7 Å². The van der Waals surface area contributed by atoms with E-state index in [1.807, 2.05) is 13.0 Å². The lowest BCUT2D eigenvalue weighted by Crippen LogP contribution is -2.12. The molecule has 43 heavy (non-hydrogen) atoms. The summed E-state index contributed by atoms with van der Waals surface area (Å²) in [6, 6.07) is 23.8. The van der Waals surface area contributed by atoms with E-state index in [1.165, 1.54) is 60.7 Å². The van der Waals surface area contributed by atoms with Crippen LogP contribution < -0.4 is 14.2 Å². The number of phenols is 1. The van der Waals surface area contributed by atoms with E-state index in [-0.39, 0.29) is 51.8 Å². The van der Waals surface area contributed by atoms with Crippen LogP contribution in [0.5, 0.6) is 23.0 Å². The fraction of sp³-hybridized carbons (Fsp3) is 0.188. The smallest absolute Gasteiger partial charge is 0.206 e. The molecule has 11 heteroatoms. The van der Waals surface area contributed by atoms with Gasteiger partial charge in [-0.15, -0.1) is 0 Å². The number of ether oxygens (including phenoxy) is 4. The summed E-state index contributed by atoms with van der Waals surface area (Å²) >= 11 is 0. The first kappa shape index (κ1) is 31.6. The van der Waals surface area contributed by atoms with Gasteiger partial charge in [0.15, 0.2) is 0 Å². The predicted octanol–water partition coefficient (Wildman–Crippen LogP) is 5.83. The van der Waals surface area contributed by atoms with E-state index in [0.717, 1.165) is 6.42 Å². The Hall–Kier alpha value is -4.32. The molecule has 9 nitrogen and oxygen atoms in total. The third kappa shape index (κ3) is 8.60. The van der Waals surface area contributed by atoms with Crippen LogP contribution in [0.25, 0.3) is 0 Å². The van der Waals surface area contributed by atoms with Crippen molar-refractivity contribution in [1.82, 2.24) is 0 Å². The Morgan fingerprint density at radius 2 is 0.930 bits per heavy atom. The fourth-order valence-corrected chi connectivity index (χ4v) is 6.31. The van der Waals surface area contributed by atoms with Crippen LogP contribution in [0.15, 0.2) is 129 Å². The first-order chi connectivity index (χ1) is 20.7. The number of allylic oxidation sites excluding steroid dienone is 1. The molecule has 0 saturated heterocycles. The molecule has 0 aliphatic carbocycles. The van der Waals surface area contributed by atoms with Crippen LogP contribution in [0.1, 0.15) is 13.3 Å². The molecule has 0 heterocycles.